The second-order valence-electron chi connectivity index (χ2n) is 7.00. The number of hydrogen-bond donors (Lipinski definition) is 1. The number of Topliss-reactive ketones (excluding diaryl/α,β-unsaturated/α-hetero) is 2. The van der Waals surface area contributed by atoms with Gasteiger partial charge in [-0.05, 0) is 52.6 Å². The monoisotopic (exact) mass is 341 g/mol. The van der Waals surface area contributed by atoms with Crippen LogP contribution in [-0.2, 0) is 9.59 Å². The highest BCUT2D eigenvalue weighted by atomic mass is 16.3. The maximum absolute atomic E-state index is 10.9. The molecule has 0 saturated carbocycles. The van der Waals surface area contributed by atoms with Gasteiger partial charge in [-0.25, -0.2) is 0 Å². The van der Waals surface area contributed by atoms with E-state index in [1.165, 1.54) is 38.5 Å². The molecule has 142 valence electrons. The molecule has 0 aliphatic carbocycles. The van der Waals surface area contributed by atoms with Gasteiger partial charge in [0.15, 0.2) is 0 Å². The molecular formula is C20H39NO3. The normalized spacial score (nSPS) is 11.2. The first-order valence-corrected chi connectivity index (χ1v) is 9.88. The number of nitrogens with zero attached hydrogens (tertiary/aromatic N) is 1. The lowest BCUT2D eigenvalue weighted by atomic mass is 10.1. The van der Waals surface area contributed by atoms with Crippen molar-refractivity contribution in [1.82, 2.24) is 4.90 Å². The average Bonchev–Trinajstić information content (AvgIpc) is 2.52. The Hall–Kier alpha value is -0.740. The van der Waals surface area contributed by atoms with Gasteiger partial charge >= 0.3 is 0 Å². The van der Waals surface area contributed by atoms with Crippen LogP contribution in [0.1, 0.15) is 90.9 Å². The predicted octanol–water partition coefficient (Wildman–Crippen LogP) is 4.14. The maximum atomic E-state index is 10.9. The highest BCUT2D eigenvalue weighted by Crippen LogP contribution is 2.09. The van der Waals surface area contributed by atoms with E-state index in [4.69, 9.17) is 0 Å². The lowest BCUT2D eigenvalue weighted by Gasteiger charge is -2.21. The second kappa shape index (κ2) is 17.1. The first-order valence-electron chi connectivity index (χ1n) is 9.88. The van der Waals surface area contributed by atoms with Crippen LogP contribution in [0.15, 0.2) is 0 Å². The molecule has 0 fully saturated rings. The summed E-state index contributed by atoms with van der Waals surface area (Å²) in [6.45, 7) is 6.47. The Morgan fingerprint density at radius 2 is 1.00 bits per heavy atom. The van der Waals surface area contributed by atoms with Gasteiger partial charge in [-0.3, -0.25) is 0 Å². The summed E-state index contributed by atoms with van der Waals surface area (Å²) in [5.41, 5.74) is 0. The van der Waals surface area contributed by atoms with Crippen molar-refractivity contribution in [2.45, 2.75) is 90.9 Å². The van der Waals surface area contributed by atoms with Crippen molar-refractivity contribution >= 4 is 11.6 Å². The minimum absolute atomic E-state index is 0.233. The smallest absolute Gasteiger partial charge is 0.129 e. The molecule has 0 bridgehead atoms. The fourth-order valence-electron chi connectivity index (χ4n) is 2.96. The second-order valence-corrected chi connectivity index (χ2v) is 7.00. The third kappa shape index (κ3) is 17.6. The molecule has 0 atom stereocenters. The number of unbranched alkanes of at least 4 members (excludes halogenated alkanes) is 8. The molecule has 0 aromatic rings. The molecule has 0 saturated heterocycles. The molecule has 0 unspecified atom stereocenters. The fraction of sp³-hybridized carbons (Fsp3) is 0.900. The SMILES string of the molecule is CC(=O)CCCCCCCN(CCO)CCCCCCCC(C)=O. The summed E-state index contributed by atoms with van der Waals surface area (Å²) in [5, 5.41) is 9.18. The first-order chi connectivity index (χ1) is 11.6. The van der Waals surface area contributed by atoms with Gasteiger partial charge in [0.1, 0.15) is 11.6 Å². The molecule has 0 heterocycles. The van der Waals surface area contributed by atoms with E-state index in [9.17, 15) is 14.7 Å². The first kappa shape index (κ1) is 23.3. The zero-order valence-electron chi connectivity index (χ0n) is 16.0. The van der Waals surface area contributed by atoms with Crippen molar-refractivity contribution in [3.8, 4) is 0 Å². The lowest BCUT2D eigenvalue weighted by molar-refractivity contribution is -0.117. The molecule has 0 radical (unpaired) electrons. The van der Waals surface area contributed by atoms with Crippen LogP contribution < -0.4 is 0 Å². The molecule has 4 nitrogen and oxygen atoms in total. The summed E-state index contributed by atoms with van der Waals surface area (Å²) in [7, 11) is 0. The fourth-order valence-corrected chi connectivity index (χ4v) is 2.96. The number of hydrogen-bond acceptors (Lipinski definition) is 4. The van der Waals surface area contributed by atoms with Crippen molar-refractivity contribution in [2.24, 2.45) is 0 Å². The van der Waals surface area contributed by atoms with Crippen molar-refractivity contribution in [3.63, 3.8) is 0 Å². The highest BCUT2D eigenvalue weighted by Gasteiger charge is 2.04. The Bertz CT molecular complexity index is 290. The van der Waals surface area contributed by atoms with Crippen molar-refractivity contribution < 1.29 is 14.7 Å². The summed E-state index contributed by atoms with van der Waals surface area (Å²) < 4.78 is 0. The summed E-state index contributed by atoms with van der Waals surface area (Å²) in [4.78, 5) is 24.1. The van der Waals surface area contributed by atoms with Gasteiger partial charge in [0.25, 0.3) is 0 Å². The van der Waals surface area contributed by atoms with Gasteiger partial charge in [-0.1, -0.05) is 38.5 Å². The molecule has 0 amide bonds. The van der Waals surface area contributed by atoms with Gasteiger partial charge < -0.3 is 19.6 Å². The van der Waals surface area contributed by atoms with E-state index >= 15 is 0 Å². The van der Waals surface area contributed by atoms with Crippen LogP contribution >= 0.6 is 0 Å². The van der Waals surface area contributed by atoms with Gasteiger partial charge in [0.2, 0.25) is 0 Å². The van der Waals surface area contributed by atoms with E-state index in [0.29, 0.717) is 11.6 Å². The third-order valence-electron chi connectivity index (χ3n) is 4.42. The molecule has 0 spiro atoms. The van der Waals surface area contributed by atoms with Crippen LogP contribution in [0.4, 0.5) is 0 Å². The van der Waals surface area contributed by atoms with Crippen LogP contribution in [0.3, 0.4) is 0 Å². The van der Waals surface area contributed by atoms with Crippen LogP contribution in [0, 0.1) is 0 Å². The topological polar surface area (TPSA) is 57.6 Å². The van der Waals surface area contributed by atoms with Crippen LogP contribution in [0.25, 0.3) is 0 Å². The molecule has 24 heavy (non-hydrogen) atoms. The zero-order valence-corrected chi connectivity index (χ0v) is 16.0. The number of carbonyl (C=O) groups is 2. The summed E-state index contributed by atoms with van der Waals surface area (Å²) in [6.07, 6.45) is 13.0. The number of rotatable bonds is 18. The molecule has 0 aromatic heterocycles. The molecule has 0 aliphatic heterocycles. The van der Waals surface area contributed by atoms with E-state index in [-0.39, 0.29) is 6.61 Å². The standard InChI is InChI=1S/C20H39NO3/c1-19(23)13-9-5-3-7-11-15-21(17-18-22)16-12-8-4-6-10-14-20(2)24/h22H,3-18H2,1-2H3. The molecular weight excluding hydrogens is 302 g/mol. The Balaban J connectivity index is 3.52. The zero-order chi connectivity index (χ0) is 18.0. The summed E-state index contributed by atoms with van der Waals surface area (Å²) in [5.74, 6) is 0.593. The van der Waals surface area contributed by atoms with E-state index in [1.54, 1.807) is 13.8 Å². The molecule has 0 rings (SSSR count). The van der Waals surface area contributed by atoms with Crippen molar-refractivity contribution in [3.05, 3.63) is 0 Å². The number of ketones is 2. The quantitative estimate of drug-likeness (QED) is 0.381. The van der Waals surface area contributed by atoms with Crippen molar-refractivity contribution in [1.29, 1.82) is 0 Å². The Morgan fingerprint density at radius 1 is 0.625 bits per heavy atom. The van der Waals surface area contributed by atoms with Crippen LogP contribution in [-0.4, -0.2) is 47.8 Å². The molecule has 0 aliphatic rings. The molecule has 0 aromatic carbocycles. The van der Waals surface area contributed by atoms with Gasteiger partial charge in [-0.15, -0.1) is 0 Å². The predicted molar refractivity (Wildman–Crippen MR) is 100 cm³/mol. The molecule has 1 N–H and O–H groups in total. The van der Waals surface area contributed by atoms with Gasteiger partial charge in [0, 0.05) is 19.4 Å². The van der Waals surface area contributed by atoms with E-state index in [1.807, 2.05) is 0 Å². The van der Waals surface area contributed by atoms with E-state index < -0.39 is 0 Å². The van der Waals surface area contributed by atoms with Crippen LogP contribution in [0.2, 0.25) is 0 Å². The van der Waals surface area contributed by atoms with Crippen molar-refractivity contribution in [2.75, 3.05) is 26.2 Å². The summed E-state index contributed by atoms with van der Waals surface area (Å²) >= 11 is 0. The average molecular weight is 342 g/mol. The van der Waals surface area contributed by atoms with E-state index in [2.05, 4.69) is 4.90 Å². The highest BCUT2D eigenvalue weighted by molar-refractivity contribution is 5.75. The largest absolute Gasteiger partial charge is 0.395 e. The summed E-state index contributed by atoms with van der Waals surface area (Å²) in [6, 6.07) is 0. The van der Waals surface area contributed by atoms with E-state index in [0.717, 1.165) is 58.2 Å². The number of aliphatic hydroxyl groups excluding tert-OH is 1. The Labute approximate surface area is 149 Å². The minimum atomic E-state index is 0.233. The Kier molecular flexibility index (Phi) is 16.6. The Morgan fingerprint density at radius 3 is 1.38 bits per heavy atom. The van der Waals surface area contributed by atoms with Gasteiger partial charge in [0.05, 0.1) is 6.61 Å². The van der Waals surface area contributed by atoms with Crippen LogP contribution in [0.5, 0.6) is 0 Å². The maximum Gasteiger partial charge on any atom is 0.129 e. The minimum Gasteiger partial charge on any atom is -0.395 e. The third-order valence-corrected chi connectivity index (χ3v) is 4.42. The number of aliphatic hydroxyl groups is 1. The number of carbonyl (C=O) groups excluding carboxylic acids is 2. The molecule has 4 heteroatoms. The lowest BCUT2D eigenvalue weighted by Crippen LogP contribution is -2.29. The van der Waals surface area contributed by atoms with Gasteiger partial charge in [-0.2, -0.15) is 0 Å².